The molecule has 0 aromatic heterocycles. The maximum absolute atomic E-state index is 13.3. The summed E-state index contributed by atoms with van der Waals surface area (Å²) in [4.78, 5) is 12.2. The molecule has 0 radical (unpaired) electrons. The summed E-state index contributed by atoms with van der Waals surface area (Å²) >= 11 is 0. The van der Waals surface area contributed by atoms with E-state index < -0.39 is 21.9 Å². The van der Waals surface area contributed by atoms with Crippen LogP contribution in [0.25, 0.3) is 10.8 Å². The number of carboxylic acid groups (broad SMARTS) is 1. The normalized spacial score (nSPS) is 17.1. The number of rotatable bonds is 6. The minimum atomic E-state index is -3.63. The highest BCUT2D eigenvalue weighted by molar-refractivity contribution is 7.89. The molecule has 30 heavy (non-hydrogen) atoms. The van der Waals surface area contributed by atoms with Gasteiger partial charge in [-0.05, 0) is 42.2 Å². The second-order valence-corrected chi connectivity index (χ2v) is 9.76. The molecule has 1 aliphatic rings. The lowest BCUT2D eigenvalue weighted by Crippen LogP contribution is -2.41. The highest BCUT2D eigenvalue weighted by Crippen LogP contribution is 2.32. The molecule has 6 heteroatoms. The highest BCUT2D eigenvalue weighted by atomic mass is 32.2. The zero-order valence-electron chi connectivity index (χ0n) is 16.6. The van der Waals surface area contributed by atoms with Crippen molar-refractivity contribution in [2.24, 2.45) is 11.8 Å². The number of benzene rings is 3. The van der Waals surface area contributed by atoms with E-state index in [0.717, 1.165) is 16.3 Å². The molecule has 1 fully saturated rings. The lowest BCUT2D eigenvalue weighted by molar-refractivity contribution is -0.144. The van der Waals surface area contributed by atoms with Crippen molar-refractivity contribution >= 4 is 26.8 Å². The molecule has 0 spiro atoms. The molecule has 0 saturated carbocycles. The Bertz CT molecular complexity index is 1130. The quantitative estimate of drug-likeness (QED) is 0.645. The monoisotopic (exact) mass is 423 g/mol. The van der Waals surface area contributed by atoms with E-state index in [9.17, 15) is 18.3 Å². The summed E-state index contributed by atoms with van der Waals surface area (Å²) in [6, 6.07) is 22.4. The Morgan fingerprint density at radius 2 is 1.57 bits per heavy atom. The first-order chi connectivity index (χ1) is 14.5. The molecule has 3 aromatic carbocycles. The largest absolute Gasteiger partial charge is 0.481 e. The molecule has 5 nitrogen and oxygen atoms in total. The number of fused-ring (bicyclic) bond motifs is 1. The third kappa shape index (κ3) is 4.11. The van der Waals surface area contributed by atoms with Gasteiger partial charge in [-0.1, -0.05) is 66.7 Å². The van der Waals surface area contributed by atoms with E-state index in [1.54, 1.807) is 12.1 Å². The fraction of sp³-hybridized carbons (Fsp3) is 0.292. The van der Waals surface area contributed by atoms with Crippen molar-refractivity contribution in [1.82, 2.24) is 4.31 Å². The van der Waals surface area contributed by atoms with Crippen molar-refractivity contribution in [3.05, 3.63) is 78.4 Å². The molecule has 0 bridgehead atoms. The van der Waals surface area contributed by atoms with Crippen LogP contribution in [0.15, 0.2) is 77.7 Å². The number of aliphatic carboxylic acids is 1. The summed E-state index contributed by atoms with van der Waals surface area (Å²) < 4.78 is 28.1. The second-order valence-electron chi connectivity index (χ2n) is 7.85. The molecule has 0 amide bonds. The van der Waals surface area contributed by atoms with Crippen molar-refractivity contribution in [3.63, 3.8) is 0 Å². The summed E-state index contributed by atoms with van der Waals surface area (Å²) in [5.74, 6) is -1.36. The maximum Gasteiger partial charge on any atom is 0.307 e. The third-order valence-electron chi connectivity index (χ3n) is 6.05. The van der Waals surface area contributed by atoms with Crippen molar-refractivity contribution in [3.8, 4) is 0 Å². The number of hydrogen-bond acceptors (Lipinski definition) is 3. The van der Waals surface area contributed by atoms with Gasteiger partial charge in [-0.25, -0.2) is 8.42 Å². The van der Waals surface area contributed by atoms with Gasteiger partial charge in [-0.3, -0.25) is 4.79 Å². The summed E-state index contributed by atoms with van der Waals surface area (Å²) in [6.45, 7) is 0.684. The molecule has 156 valence electrons. The summed E-state index contributed by atoms with van der Waals surface area (Å²) in [6.07, 6.45) is 1.57. The predicted octanol–water partition coefficient (Wildman–Crippen LogP) is 4.18. The van der Waals surface area contributed by atoms with E-state index >= 15 is 0 Å². The van der Waals surface area contributed by atoms with E-state index in [0.29, 0.717) is 37.2 Å². The first-order valence-electron chi connectivity index (χ1n) is 10.2. The number of hydrogen-bond donors (Lipinski definition) is 1. The van der Waals surface area contributed by atoms with Gasteiger partial charge in [0.2, 0.25) is 10.0 Å². The Balaban J connectivity index is 1.51. The average molecular weight is 424 g/mol. The standard InChI is InChI=1S/C24H25NO4S/c26-24(27)22(17-18-7-2-1-3-8-18)20-13-15-25(16-14-20)30(28,29)23-12-6-10-19-9-4-5-11-21(19)23/h1-12,20,22H,13-17H2,(H,26,27). The van der Waals surface area contributed by atoms with Crippen molar-refractivity contribution < 1.29 is 18.3 Å². The van der Waals surface area contributed by atoms with Crippen molar-refractivity contribution in [2.45, 2.75) is 24.2 Å². The average Bonchev–Trinajstić information content (AvgIpc) is 2.77. The number of carboxylic acids is 1. The van der Waals surface area contributed by atoms with Gasteiger partial charge in [0.05, 0.1) is 10.8 Å². The first-order valence-corrected chi connectivity index (χ1v) is 11.7. The van der Waals surface area contributed by atoms with Crippen LogP contribution in [0.1, 0.15) is 18.4 Å². The van der Waals surface area contributed by atoms with E-state index in [1.807, 2.05) is 60.7 Å². The summed E-state index contributed by atoms with van der Waals surface area (Å²) in [7, 11) is -3.63. The Labute approximate surface area is 177 Å². The third-order valence-corrected chi connectivity index (χ3v) is 8.01. The van der Waals surface area contributed by atoms with Gasteiger partial charge in [0.15, 0.2) is 0 Å². The number of sulfonamides is 1. The van der Waals surface area contributed by atoms with Crippen LogP contribution in [0.3, 0.4) is 0 Å². The van der Waals surface area contributed by atoms with Crippen LogP contribution in [0.4, 0.5) is 0 Å². The Morgan fingerprint density at radius 1 is 0.933 bits per heavy atom. The molecular formula is C24H25NO4S. The van der Waals surface area contributed by atoms with E-state index in [1.165, 1.54) is 4.31 Å². The van der Waals surface area contributed by atoms with Gasteiger partial charge in [0.25, 0.3) is 0 Å². The molecule has 1 atom stereocenters. The minimum Gasteiger partial charge on any atom is -0.481 e. The fourth-order valence-corrected chi connectivity index (χ4v) is 6.09. The zero-order chi connectivity index (χ0) is 21.1. The number of nitrogens with zero attached hydrogens (tertiary/aromatic N) is 1. The molecule has 1 aliphatic heterocycles. The maximum atomic E-state index is 13.3. The Kier molecular flexibility index (Phi) is 5.88. The van der Waals surface area contributed by atoms with Crippen molar-refractivity contribution in [1.29, 1.82) is 0 Å². The summed E-state index contributed by atoms with van der Waals surface area (Å²) in [5.41, 5.74) is 0.996. The SMILES string of the molecule is O=C(O)C(Cc1ccccc1)C1CCN(S(=O)(=O)c2cccc3ccccc23)CC1. The van der Waals surface area contributed by atoms with Crippen LogP contribution in [0, 0.1) is 11.8 Å². The van der Waals surface area contributed by atoms with E-state index in [-0.39, 0.29) is 5.92 Å². The second kappa shape index (κ2) is 8.58. The van der Waals surface area contributed by atoms with Crippen LogP contribution in [0.2, 0.25) is 0 Å². The molecule has 1 N–H and O–H groups in total. The molecule has 1 heterocycles. The lowest BCUT2D eigenvalue weighted by atomic mass is 9.81. The van der Waals surface area contributed by atoms with Gasteiger partial charge >= 0.3 is 5.97 Å². The smallest absolute Gasteiger partial charge is 0.307 e. The molecule has 4 rings (SSSR count). The molecule has 0 aliphatic carbocycles. The van der Waals surface area contributed by atoms with Crippen molar-refractivity contribution in [2.75, 3.05) is 13.1 Å². The van der Waals surface area contributed by atoms with Crippen LogP contribution in [-0.2, 0) is 21.2 Å². The Morgan fingerprint density at radius 3 is 2.27 bits per heavy atom. The van der Waals surface area contributed by atoms with Crippen LogP contribution in [-0.4, -0.2) is 36.9 Å². The first kappa shape index (κ1) is 20.6. The number of carbonyl (C=O) groups is 1. The number of piperidine rings is 1. The van der Waals surface area contributed by atoms with Crippen LogP contribution < -0.4 is 0 Å². The van der Waals surface area contributed by atoms with E-state index in [2.05, 4.69) is 0 Å². The van der Waals surface area contributed by atoms with Crippen LogP contribution in [0.5, 0.6) is 0 Å². The predicted molar refractivity (Wildman–Crippen MR) is 117 cm³/mol. The van der Waals surface area contributed by atoms with E-state index in [4.69, 9.17) is 0 Å². The van der Waals surface area contributed by atoms with Gasteiger partial charge in [-0.15, -0.1) is 0 Å². The minimum absolute atomic E-state index is 0.0401. The summed E-state index contributed by atoms with van der Waals surface area (Å²) in [5, 5.41) is 11.4. The van der Waals surface area contributed by atoms with Gasteiger partial charge in [0, 0.05) is 18.5 Å². The molecular weight excluding hydrogens is 398 g/mol. The molecule has 3 aromatic rings. The highest BCUT2D eigenvalue weighted by Gasteiger charge is 2.35. The van der Waals surface area contributed by atoms with Gasteiger partial charge in [-0.2, -0.15) is 4.31 Å². The fourth-order valence-electron chi connectivity index (χ4n) is 4.40. The zero-order valence-corrected chi connectivity index (χ0v) is 17.5. The van der Waals surface area contributed by atoms with Gasteiger partial charge < -0.3 is 5.11 Å². The molecule has 1 unspecified atom stereocenters. The molecule has 1 saturated heterocycles. The van der Waals surface area contributed by atoms with Crippen LogP contribution >= 0.6 is 0 Å². The Hall–Kier alpha value is -2.70. The lowest BCUT2D eigenvalue weighted by Gasteiger charge is -2.34. The van der Waals surface area contributed by atoms with Gasteiger partial charge in [0.1, 0.15) is 0 Å². The topological polar surface area (TPSA) is 74.7 Å².